The quantitative estimate of drug-likeness (QED) is 0.665. The molecule has 0 atom stereocenters. The minimum Gasteiger partial charge on any atom is -0.381 e. The van der Waals surface area contributed by atoms with Crippen LogP contribution in [0, 0.1) is 12.8 Å². The molecule has 0 saturated carbocycles. The maximum absolute atomic E-state index is 11.9. The van der Waals surface area contributed by atoms with E-state index in [-0.39, 0.29) is 11.8 Å². The molecule has 1 aromatic rings. The van der Waals surface area contributed by atoms with E-state index in [1.165, 1.54) is 10.5 Å². The third-order valence-electron chi connectivity index (χ3n) is 3.28. The number of benzene rings is 1. The zero-order valence-corrected chi connectivity index (χ0v) is 12.2. The van der Waals surface area contributed by atoms with E-state index in [0.717, 1.165) is 38.4 Å². The molecule has 2 rings (SSSR count). The van der Waals surface area contributed by atoms with Crippen LogP contribution in [0.1, 0.15) is 18.4 Å². The Kier molecular flexibility index (Phi) is 5.73. The second kappa shape index (κ2) is 7.56. The normalized spacial score (nSPS) is 16.3. The minimum absolute atomic E-state index is 0.151. The van der Waals surface area contributed by atoms with Crippen LogP contribution in [0.25, 0.3) is 0 Å². The molecule has 0 aromatic heterocycles. The van der Waals surface area contributed by atoms with Crippen molar-refractivity contribution in [1.29, 1.82) is 0 Å². The van der Waals surface area contributed by atoms with Gasteiger partial charge in [0.1, 0.15) is 0 Å². The van der Waals surface area contributed by atoms with Crippen molar-refractivity contribution >= 4 is 17.7 Å². The lowest BCUT2D eigenvalue weighted by molar-refractivity contribution is -0.127. The number of carbonyl (C=O) groups excluding carboxylic acids is 1. The van der Waals surface area contributed by atoms with E-state index in [4.69, 9.17) is 4.74 Å². The first-order chi connectivity index (χ1) is 9.25. The van der Waals surface area contributed by atoms with Crippen LogP contribution in [0.2, 0.25) is 0 Å². The molecule has 0 unspecified atom stereocenters. The largest absolute Gasteiger partial charge is 0.381 e. The number of hydrogen-bond donors (Lipinski definition) is 1. The summed E-state index contributed by atoms with van der Waals surface area (Å²) in [6.07, 6.45) is 1.72. The van der Waals surface area contributed by atoms with Gasteiger partial charge in [0.05, 0.1) is 0 Å². The molecule has 1 fully saturated rings. The Morgan fingerprint density at radius 3 is 2.68 bits per heavy atom. The first-order valence-electron chi connectivity index (χ1n) is 6.80. The summed E-state index contributed by atoms with van der Waals surface area (Å²) >= 11 is 1.78. The lowest BCUT2D eigenvalue weighted by atomic mass is 10.00. The zero-order chi connectivity index (χ0) is 13.5. The highest BCUT2D eigenvalue weighted by Crippen LogP contribution is 2.18. The Hall–Kier alpha value is -1.00. The molecule has 0 radical (unpaired) electrons. The third-order valence-corrected chi connectivity index (χ3v) is 4.30. The number of thioether (sulfide) groups is 1. The molecule has 4 heteroatoms. The van der Waals surface area contributed by atoms with E-state index in [2.05, 4.69) is 36.5 Å². The van der Waals surface area contributed by atoms with E-state index >= 15 is 0 Å². The lowest BCUT2D eigenvalue weighted by Gasteiger charge is -2.21. The molecular weight excluding hydrogens is 258 g/mol. The summed E-state index contributed by atoms with van der Waals surface area (Å²) < 4.78 is 5.26. The van der Waals surface area contributed by atoms with Gasteiger partial charge >= 0.3 is 0 Å². The SMILES string of the molecule is Cc1ccc(SCCNC(=O)C2CCOCC2)cc1. The fourth-order valence-electron chi connectivity index (χ4n) is 2.08. The minimum atomic E-state index is 0.151. The van der Waals surface area contributed by atoms with Crippen molar-refractivity contribution in [2.24, 2.45) is 5.92 Å². The van der Waals surface area contributed by atoms with Gasteiger partial charge in [0.25, 0.3) is 0 Å². The molecule has 0 aliphatic carbocycles. The monoisotopic (exact) mass is 279 g/mol. The van der Waals surface area contributed by atoms with E-state index < -0.39 is 0 Å². The Bertz CT molecular complexity index is 399. The fraction of sp³-hybridized carbons (Fsp3) is 0.533. The van der Waals surface area contributed by atoms with Gasteiger partial charge < -0.3 is 10.1 Å². The number of nitrogens with one attached hydrogen (secondary N) is 1. The van der Waals surface area contributed by atoms with Crippen LogP contribution in [-0.4, -0.2) is 31.4 Å². The van der Waals surface area contributed by atoms with Gasteiger partial charge in [-0.15, -0.1) is 11.8 Å². The van der Waals surface area contributed by atoms with E-state index in [1.807, 2.05) is 0 Å². The number of ether oxygens (including phenoxy) is 1. The van der Waals surface area contributed by atoms with Crippen LogP contribution in [0.4, 0.5) is 0 Å². The van der Waals surface area contributed by atoms with Crippen LogP contribution in [0.5, 0.6) is 0 Å². The van der Waals surface area contributed by atoms with Crippen molar-refractivity contribution in [1.82, 2.24) is 5.32 Å². The van der Waals surface area contributed by atoms with Gasteiger partial charge in [0, 0.05) is 36.3 Å². The summed E-state index contributed by atoms with van der Waals surface area (Å²) in [7, 11) is 0. The summed E-state index contributed by atoms with van der Waals surface area (Å²) in [5.74, 6) is 1.25. The molecule has 1 saturated heterocycles. The predicted octanol–water partition coefficient (Wildman–Crippen LogP) is 2.63. The number of rotatable bonds is 5. The maximum Gasteiger partial charge on any atom is 0.223 e. The molecule has 0 bridgehead atoms. The molecule has 1 aromatic carbocycles. The Balaban J connectivity index is 1.63. The summed E-state index contributed by atoms with van der Waals surface area (Å²) in [4.78, 5) is 13.1. The molecular formula is C15H21NO2S. The van der Waals surface area contributed by atoms with Crippen molar-refractivity contribution in [3.8, 4) is 0 Å². The Morgan fingerprint density at radius 2 is 2.00 bits per heavy atom. The van der Waals surface area contributed by atoms with Crippen LogP contribution in [0.15, 0.2) is 29.2 Å². The summed E-state index contributed by atoms with van der Waals surface area (Å²) in [6, 6.07) is 8.48. The first kappa shape index (κ1) is 14.4. The standard InChI is InChI=1S/C15H21NO2S/c1-12-2-4-14(5-3-12)19-11-8-16-15(17)13-6-9-18-10-7-13/h2-5,13H,6-11H2,1H3,(H,16,17). The fourth-order valence-corrected chi connectivity index (χ4v) is 2.85. The predicted molar refractivity (Wildman–Crippen MR) is 78.5 cm³/mol. The van der Waals surface area contributed by atoms with Gasteiger partial charge in [-0.3, -0.25) is 4.79 Å². The van der Waals surface area contributed by atoms with Crippen LogP contribution < -0.4 is 5.32 Å². The molecule has 19 heavy (non-hydrogen) atoms. The zero-order valence-electron chi connectivity index (χ0n) is 11.4. The molecule has 104 valence electrons. The second-order valence-electron chi connectivity index (χ2n) is 4.84. The number of hydrogen-bond acceptors (Lipinski definition) is 3. The van der Waals surface area contributed by atoms with Crippen molar-refractivity contribution in [3.63, 3.8) is 0 Å². The van der Waals surface area contributed by atoms with Gasteiger partial charge in [0.15, 0.2) is 0 Å². The number of carbonyl (C=O) groups is 1. The van der Waals surface area contributed by atoms with Crippen molar-refractivity contribution in [2.45, 2.75) is 24.7 Å². The van der Waals surface area contributed by atoms with Crippen molar-refractivity contribution in [3.05, 3.63) is 29.8 Å². The average molecular weight is 279 g/mol. The highest BCUT2D eigenvalue weighted by atomic mass is 32.2. The van der Waals surface area contributed by atoms with E-state index in [9.17, 15) is 4.79 Å². The van der Waals surface area contributed by atoms with Crippen LogP contribution in [0.3, 0.4) is 0 Å². The third kappa shape index (κ3) is 4.88. The average Bonchev–Trinajstić information content (AvgIpc) is 2.46. The van der Waals surface area contributed by atoms with Crippen molar-refractivity contribution in [2.75, 3.05) is 25.5 Å². The molecule has 1 heterocycles. The van der Waals surface area contributed by atoms with Crippen LogP contribution in [-0.2, 0) is 9.53 Å². The summed E-state index contributed by atoms with van der Waals surface area (Å²) in [5, 5.41) is 3.02. The van der Waals surface area contributed by atoms with Crippen molar-refractivity contribution < 1.29 is 9.53 Å². The molecule has 3 nitrogen and oxygen atoms in total. The highest BCUT2D eigenvalue weighted by Gasteiger charge is 2.20. The molecule has 1 N–H and O–H groups in total. The number of amides is 1. The lowest BCUT2D eigenvalue weighted by Crippen LogP contribution is -2.35. The van der Waals surface area contributed by atoms with Crippen LogP contribution >= 0.6 is 11.8 Å². The Morgan fingerprint density at radius 1 is 1.32 bits per heavy atom. The first-order valence-corrected chi connectivity index (χ1v) is 7.79. The maximum atomic E-state index is 11.9. The molecule has 1 aliphatic rings. The van der Waals surface area contributed by atoms with E-state index in [1.54, 1.807) is 11.8 Å². The Labute approximate surface area is 119 Å². The van der Waals surface area contributed by atoms with Gasteiger partial charge in [0.2, 0.25) is 5.91 Å². The summed E-state index contributed by atoms with van der Waals surface area (Å²) in [6.45, 7) is 4.25. The summed E-state index contributed by atoms with van der Waals surface area (Å²) in [5.41, 5.74) is 1.28. The van der Waals surface area contributed by atoms with Gasteiger partial charge in [-0.25, -0.2) is 0 Å². The second-order valence-corrected chi connectivity index (χ2v) is 6.01. The number of aryl methyl sites for hydroxylation is 1. The van der Waals surface area contributed by atoms with Gasteiger partial charge in [-0.05, 0) is 31.9 Å². The van der Waals surface area contributed by atoms with Gasteiger partial charge in [-0.2, -0.15) is 0 Å². The highest BCUT2D eigenvalue weighted by molar-refractivity contribution is 7.99. The molecule has 1 aliphatic heterocycles. The van der Waals surface area contributed by atoms with Gasteiger partial charge in [-0.1, -0.05) is 17.7 Å². The molecule has 0 spiro atoms. The van der Waals surface area contributed by atoms with E-state index in [0.29, 0.717) is 0 Å². The topological polar surface area (TPSA) is 38.3 Å². The smallest absolute Gasteiger partial charge is 0.223 e. The molecule has 1 amide bonds.